The van der Waals surface area contributed by atoms with Gasteiger partial charge in [0.15, 0.2) is 6.04 Å². The van der Waals surface area contributed by atoms with E-state index in [1.54, 1.807) is 20.8 Å². The Balaban J connectivity index is 1.51. The van der Waals surface area contributed by atoms with E-state index in [1.807, 2.05) is 103 Å². The Morgan fingerprint density at radius 2 is 1.57 bits per heavy atom. The van der Waals surface area contributed by atoms with Crippen LogP contribution >= 0.6 is 0 Å². The molecule has 2 aliphatic rings. The summed E-state index contributed by atoms with van der Waals surface area (Å²) in [7, 11) is 0. The van der Waals surface area contributed by atoms with Gasteiger partial charge >= 0.3 is 12.1 Å². The molecule has 5 atom stereocenters. The normalized spacial score (nSPS) is 22.0. The summed E-state index contributed by atoms with van der Waals surface area (Å²) in [5, 5.41) is 11.5. The molecule has 8 nitrogen and oxygen atoms in total. The van der Waals surface area contributed by atoms with Crippen molar-refractivity contribution >= 4 is 24.0 Å². The van der Waals surface area contributed by atoms with Crippen molar-refractivity contribution in [2.75, 3.05) is 6.61 Å². The van der Waals surface area contributed by atoms with E-state index in [9.17, 15) is 19.5 Å². The second-order valence-electron chi connectivity index (χ2n) is 11.7. The highest BCUT2D eigenvalue weighted by Crippen LogP contribution is 2.40. The van der Waals surface area contributed by atoms with Crippen LogP contribution in [0.3, 0.4) is 0 Å². The third kappa shape index (κ3) is 5.94. The lowest BCUT2D eigenvalue weighted by Gasteiger charge is -2.53. The van der Waals surface area contributed by atoms with E-state index in [0.29, 0.717) is 0 Å². The van der Waals surface area contributed by atoms with Crippen LogP contribution < -0.4 is 0 Å². The van der Waals surface area contributed by atoms with Crippen molar-refractivity contribution in [3.8, 4) is 0 Å². The van der Waals surface area contributed by atoms with Crippen LogP contribution in [0.2, 0.25) is 0 Å². The van der Waals surface area contributed by atoms with Crippen LogP contribution in [-0.4, -0.2) is 63.7 Å². The summed E-state index contributed by atoms with van der Waals surface area (Å²) >= 11 is 0. The highest BCUT2D eigenvalue weighted by molar-refractivity contribution is 5.97. The van der Waals surface area contributed by atoms with Crippen LogP contribution in [-0.2, 0) is 25.7 Å². The molecule has 2 heterocycles. The van der Waals surface area contributed by atoms with Crippen LogP contribution in [0.15, 0.2) is 97.1 Å². The topological polar surface area (TPSA) is 96.4 Å². The number of nitrogens with zero attached hydrogens (tertiary/aromatic N) is 2. The minimum absolute atomic E-state index is 0.00243. The molecule has 3 unspecified atom stereocenters. The quantitative estimate of drug-likeness (QED) is 0.289. The van der Waals surface area contributed by atoms with Gasteiger partial charge in [-0.15, -0.1) is 0 Å². The molecule has 0 bridgehead atoms. The highest BCUT2D eigenvalue weighted by Gasteiger charge is 2.60. The second-order valence-corrected chi connectivity index (χ2v) is 11.7. The highest BCUT2D eigenvalue weighted by atomic mass is 16.6. The summed E-state index contributed by atoms with van der Waals surface area (Å²) in [4.78, 5) is 43.7. The molecule has 2 amide bonds. The maximum absolute atomic E-state index is 14.1. The van der Waals surface area contributed by atoms with Gasteiger partial charge in [-0.1, -0.05) is 124 Å². The minimum atomic E-state index is -1.29. The lowest BCUT2D eigenvalue weighted by molar-refractivity contribution is -0.181. The van der Waals surface area contributed by atoms with Gasteiger partial charge in [-0.25, -0.2) is 9.59 Å². The van der Waals surface area contributed by atoms with Gasteiger partial charge in [0.2, 0.25) is 5.91 Å². The first-order valence-electron chi connectivity index (χ1n) is 14.1. The molecule has 1 N–H and O–H groups in total. The molecular formula is C34H36N2O6. The molecule has 0 spiro atoms. The predicted molar refractivity (Wildman–Crippen MR) is 158 cm³/mol. The molecule has 0 saturated carbocycles. The van der Waals surface area contributed by atoms with E-state index in [2.05, 4.69) is 0 Å². The van der Waals surface area contributed by atoms with Crippen molar-refractivity contribution in [3.05, 3.63) is 114 Å². The number of esters is 1. The van der Waals surface area contributed by atoms with Crippen LogP contribution in [0.4, 0.5) is 4.79 Å². The molecule has 8 heteroatoms. The fourth-order valence-corrected chi connectivity index (χ4v) is 5.45. The van der Waals surface area contributed by atoms with Gasteiger partial charge in [-0.3, -0.25) is 9.69 Å². The first kappa shape index (κ1) is 29.1. The summed E-state index contributed by atoms with van der Waals surface area (Å²) in [6.07, 6.45) is 1.82. The number of aliphatic hydroxyl groups is 1. The zero-order chi connectivity index (χ0) is 29.9. The summed E-state index contributed by atoms with van der Waals surface area (Å²) < 4.78 is 11.1. The number of hydrogen-bond acceptors (Lipinski definition) is 6. The number of amides is 2. The van der Waals surface area contributed by atoms with Gasteiger partial charge < -0.3 is 19.5 Å². The molecule has 5 rings (SSSR count). The molecule has 2 fully saturated rings. The number of cyclic esters (lactones) is 1. The lowest BCUT2D eigenvalue weighted by atomic mass is 9.80. The number of carbonyl (C=O) groups excluding carboxylic acids is 3. The number of hydrogen-bond donors (Lipinski definition) is 1. The first-order chi connectivity index (χ1) is 20.2. The van der Waals surface area contributed by atoms with Crippen LogP contribution in [0.5, 0.6) is 0 Å². The summed E-state index contributed by atoms with van der Waals surface area (Å²) in [6, 6.07) is 24.8. The second kappa shape index (κ2) is 12.2. The van der Waals surface area contributed by atoms with E-state index in [4.69, 9.17) is 9.47 Å². The number of carbonyl (C=O) groups is 3. The number of ether oxygens (including phenoxy) is 2. The van der Waals surface area contributed by atoms with Gasteiger partial charge in [-0.05, 0) is 22.1 Å². The van der Waals surface area contributed by atoms with Crippen molar-refractivity contribution in [2.45, 2.75) is 57.6 Å². The van der Waals surface area contributed by atoms with Gasteiger partial charge in [0.25, 0.3) is 0 Å². The van der Waals surface area contributed by atoms with Crippen molar-refractivity contribution < 1.29 is 29.0 Å². The minimum Gasteiger partial charge on any atom is -0.459 e. The monoisotopic (exact) mass is 568 g/mol. The van der Waals surface area contributed by atoms with E-state index in [0.717, 1.165) is 16.7 Å². The van der Waals surface area contributed by atoms with Gasteiger partial charge in [0.1, 0.15) is 19.3 Å². The third-order valence-electron chi connectivity index (χ3n) is 7.78. The predicted octanol–water partition coefficient (Wildman–Crippen LogP) is 4.99. The Kier molecular flexibility index (Phi) is 8.45. The van der Waals surface area contributed by atoms with Crippen LogP contribution in [0, 0.1) is 5.41 Å². The average molecular weight is 569 g/mol. The molecule has 2 saturated heterocycles. The van der Waals surface area contributed by atoms with Crippen LogP contribution in [0.25, 0.3) is 6.08 Å². The molecule has 3 aromatic carbocycles. The summed E-state index contributed by atoms with van der Waals surface area (Å²) in [5.41, 5.74) is 1.76. The average Bonchev–Trinajstić information content (AvgIpc) is 3.37. The number of rotatable bonds is 9. The van der Waals surface area contributed by atoms with Gasteiger partial charge in [0.05, 0.1) is 18.2 Å². The summed E-state index contributed by atoms with van der Waals surface area (Å²) in [6.45, 7) is 5.51. The Morgan fingerprint density at radius 3 is 2.19 bits per heavy atom. The van der Waals surface area contributed by atoms with Crippen LogP contribution in [0.1, 0.15) is 43.5 Å². The lowest BCUT2D eigenvalue weighted by Crippen LogP contribution is -2.76. The molecule has 218 valence electrons. The third-order valence-corrected chi connectivity index (χ3v) is 7.78. The fourth-order valence-electron chi connectivity index (χ4n) is 5.45. The maximum atomic E-state index is 14.1. The number of aliphatic hydroxyl groups excluding tert-OH is 1. The standard InChI is InChI=1S/C34H36N2O6/c1-34(2,3)30(37)29(32(39)41-21-24-15-9-5-10-16-24)35-26(20-19-23-13-7-4-8-14-23)28(31(35)38)36-27(22-42-33(36)40)25-17-11-6-12-18-25/h4-20,26-30,37H,21-22H2,1-3H3/t26?,27-,28?,29?,30+/m1/s1. The SMILES string of the molecule is CC(C)(C)[C@@H](O)C(C(=O)OCc1ccccc1)N1C(=O)C(N2C(=O)OC[C@@H]2c2ccccc2)C1C=Cc1ccccc1. The first-order valence-corrected chi connectivity index (χ1v) is 14.1. The largest absolute Gasteiger partial charge is 0.459 e. The van der Waals surface area contributed by atoms with Gasteiger partial charge in [0, 0.05) is 0 Å². The van der Waals surface area contributed by atoms with E-state index >= 15 is 0 Å². The summed E-state index contributed by atoms with van der Waals surface area (Å²) in [5.74, 6) is -1.17. The Morgan fingerprint density at radius 1 is 0.976 bits per heavy atom. The zero-order valence-corrected chi connectivity index (χ0v) is 24.0. The molecule has 2 aliphatic heterocycles. The van der Waals surface area contributed by atoms with Crippen molar-refractivity contribution in [3.63, 3.8) is 0 Å². The zero-order valence-electron chi connectivity index (χ0n) is 24.0. The fraction of sp³-hybridized carbons (Fsp3) is 0.324. The Hall–Kier alpha value is -4.43. The number of likely N-dealkylation sites (tertiary alicyclic amines) is 1. The smallest absolute Gasteiger partial charge is 0.411 e. The number of benzene rings is 3. The number of β-lactam (4-membered cyclic amide) rings is 1. The van der Waals surface area contributed by atoms with E-state index in [1.165, 1.54) is 9.80 Å². The molecule has 0 radical (unpaired) electrons. The molecule has 0 aliphatic carbocycles. The molecular weight excluding hydrogens is 532 g/mol. The van der Waals surface area contributed by atoms with Crippen molar-refractivity contribution in [1.29, 1.82) is 0 Å². The molecule has 42 heavy (non-hydrogen) atoms. The Labute approximate surface area is 246 Å². The van der Waals surface area contributed by atoms with Crippen molar-refractivity contribution in [1.82, 2.24) is 9.80 Å². The van der Waals surface area contributed by atoms with Crippen molar-refractivity contribution in [2.24, 2.45) is 5.41 Å². The molecule has 3 aromatic rings. The van der Waals surface area contributed by atoms with E-state index < -0.39 is 53.7 Å². The van der Waals surface area contributed by atoms with Gasteiger partial charge in [-0.2, -0.15) is 0 Å². The maximum Gasteiger partial charge on any atom is 0.411 e. The Bertz CT molecular complexity index is 1420. The van der Waals surface area contributed by atoms with E-state index in [-0.39, 0.29) is 13.2 Å². The molecule has 0 aromatic heterocycles.